The molecular formula is C16H13BrN2. The average Bonchev–Trinajstić information content (AvgIpc) is 2.48. The molecule has 3 rings (SSSR count). The summed E-state index contributed by atoms with van der Waals surface area (Å²) in [5, 5.41) is 0. The lowest BCUT2D eigenvalue weighted by atomic mass is 10.0. The Morgan fingerprint density at radius 2 is 1.89 bits per heavy atom. The van der Waals surface area contributed by atoms with E-state index in [9.17, 15) is 0 Å². The van der Waals surface area contributed by atoms with Crippen molar-refractivity contribution in [1.29, 1.82) is 0 Å². The van der Waals surface area contributed by atoms with Crippen LogP contribution >= 0.6 is 15.9 Å². The molecule has 1 aromatic carbocycles. The minimum Gasteiger partial charge on any atom is -0.228 e. The number of halogens is 1. The fourth-order valence-electron chi connectivity index (χ4n) is 2.11. The molecule has 1 aliphatic rings. The molecule has 0 radical (unpaired) electrons. The topological polar surface area (TPSA) is 25.8 Å². The molecule has 1 heterocycles. The Morgan fingerprint density at radius 3 is 2.63 bits per heavy atom. The minimum atomic E-state index is 0.817. The maximum atomic E-state index is 4.68. The molecule has 0 N–H and O–H groups in total. The SMILES string of the molecule is Brc1cc(-c2ccccc2)nc(C2=CC=CCC2)n1. The Kier molecular flexibility index (Phi) is 3.56. The van der Waals surface area contributed by atoms with Gasteiger partial charge in [-0.1, -0.05) is 48.6 Å². The third-order valence-corrected chi connectivity index (χ3v) is 3.47. The second-order valence-electron chi connectivity index (χ2n) is 4.42. The van der Waals surface area contributed by atoms with Crippen LogP contribution in [0.4, 0.5) is 0 Å². The Hall–Kier alpha value is -1.74. The van der Waals surface area contributed by atoms with E-state index in [1.54, 1.807) is 0 Å². The predicted octanol–water partition coefficient (Wildman–Crippen LogP) is 4.64. The summed E-state index contributed by atoms with van der Waals surface area (Å²) in [5.74, 6) is 0.817. The van der Waals surface area contributed by atoms with E-state index in [2.05, 4.69) is 56.3 Å². The van der Waals surface area contributed by atoms with Gasteiger partial charge in [0.15, 0.2) is 5.82 Å². The molecule has 2 aromatic rings. The van der Waals surface area contributed by atoms with E-state index in [-0.39, 0.29) is 0 Å². The molecule has 94 valence electrons. The molecule has 19 heavy (non-hydrogen) atoms. The van der Waals surface area contributed by atoms with E-state index in [1.165, 1.54) is 5.57 Å². The molecule has 2 nitrogen and oxygen atoms in total. The van der Waals surface area contributed by atoms with E-state index in [1.807, 2.05) is 24.3 Å². The lowest BCUT2D eigenvalue weighted by Crippen LogP contribution is -1.98. The number of rotatable bonds is 2. The smallest absolute Gasteiger partial charge is 0.157 e. The van der Waals surface area contributed by atoms with Crippen LogP contribution in [0.2, 0.25) is 0 Å². The summed E-state index contributed by atoms with van der Waals surface area (Å²) in [7, 11) is 0. The lowest BCUT2D eigenvalue weighted by molar-refractivity contribution is 0.998. The Balaban J connectivity index is 2.06. The first-order chi connectivity index (χ1) is 9.33. The number of aromatic nitrogens is 2. The van der Waals surface area contributed by atoms with Crippen molar-refractivity contribution in [3.05, 3.63) is 65.1 Å². The van der Waals surface area contributed by atoms with E-state index in [0.717, 1.165) is 34.5 Å². The summed E-state index contributed by atoms with van der Waals surface area (Å²) < 4.78 is 0.826. The van der Waals surface area contributed by atoms with Crippen molar-refractivity contribution in [2.24, 2.45) is 0 Å². The van der Waals surface area contributed by atoms with Crippen LogP contribution in [0.25, 0.3) is 16.8 Å². The highest BCUT2D eigenvalue weighted by atomic mass is 79.9. The van der Waals surface area contributed by atoms with Gasteiger partial charge in [0.2, 0.25) is 0 Å². The maximum Gasteiger partial charge on any atom is 0.157 e. The van der Waals surface area contributed by atoms with Crippen LogP contribution in [-0.2, 0) is 0 Å². The molecule has 0 spiro atoms. The minimum absolute atomic E-state index is 0.817. The van der Waals surface area contributed by atoms with Crippen molar-refractivity contribution < 1.29 is 0 Å². The van der Waals surface area contributed by atoms with Crippen LogP contribution < -0.4 is 0 Å². The van der Waals surface area contributed by atoms with Gasteiger partial charge in [0.25, 0.3) is 0 Å². The lowest BCUT2D eigenvalue weighted by Gasteiger charge is -2.10. The molecule has 1 aliphatic carbocycles. The Morgan fingerprint density at radius 1 is 1.05 bits per heavy atom. The number of hydrogen-bond acceptors (Lipinski definition) is 2. The fraction of sp³-hybridized carbons (Fsp3) is 0.125. The van der Waals surface area contributed by atoms with Crippen LogP contribution in [0.3, 0.4) is 0 Å². The number of allylic oxidation sites excluding steroid dienone is 4. The van der Waals surface area contributed by atoms with Gasteiger partial charge >= 0.3 is 0 Å². The molecule has 0 aliphatic heterocycles. The van der Waals surface area contributed by atoms with E-state index < -0.39 is 0 Å². The third kappa shape index (κ3) is 2.82. The molecule has 0 unspecified atom stereocenters. The van der Waals surface area contributed by atoms with Crippen LogP contribution in [0, 0.1) is 0 Å². The first kappa shape index (κ1) is 12.3. The zero-order valence-corrected chi connectivity index (χ0v) is 12.0. The number of nitrogens with zero attached hydrogens (tertiary/aromatic N) is 2. The zero-order valence-electron chi connectivity index (χ0n) is 10.4. The van der Waals surface area contributed by atoms with Gasteiger partial charge in [0, 0.05) is 5.56 Å². The van der Waals surface area contributed by atoms with Crippen LogP contribution in [-0.4, -0.2) is 9.97 Å². The van der Waals surface area contributed by atoms with Gasteiger partial charge in [-0.15, -0.1) is 0 Å². The first-order valence-corrected chi connectivity index (χ1v) is 7.08. The summed E-state index contributed by atoms with van der Waals surface area (Å²) in [6.07, 6.45) is 8.40. The number of hydrogen-bond donors (Lipinski definition) is 0. The zero-order chi connectivity index (χ0) is 13.1. The molecule has 0 amide bonds. The van der Waals surface area contributed by atoms with Crippen molar-refractivity contribution in [2.75, 3.05) is 0 Å². The molecule has 0 saturated heterocycles. The largest absolute Gasteiger partial charge is 0.228 e. The van der Waals surface area contributed by atoms with E-state index in [0.29, 0.717) is 0 Å². The van der Waals surface area contributed by atoms with Crippen molar-refractivity contribution in [1.82, 2.24) is 9.97 Å². The molecular weight excluding hydrogens is 300 g/mol. The molecule has 0 bridgehead atoms. The highest BCUT2D eigenvalue weighted by Crippen LogP contribution is 2.25. The Labute approximate surface area is 121 Å². The van der Waals surface area contributed by atoms with E-state index >= 15 is 0 Å². The standard InChI is InChI=1S/C16H13BrN2/c17-15-11-14(12-7-3-1-4-8-12)18-16(19-15)13-9-5-2-6-10-13/h1-5,7-9,11H,6,10H2. The van der Waals surface area contributed by atoms with Crippen molar-refractivity contribution >= 4 is 21.5 Å². The summed E-state index contributed by atoms with van der Waals surface area (Å²) in [5.41, 5.74) is 3.26. The molecule has 3 heteroatoms. The molecule has 0 saturated carbocycles. The monoisotopic (exact) mass is 312 g/mol. The van der Waals surface area contributed by atoms with Gasteiger partial charge < -0.3 is 0 Å². The normalized spacial score (nSPS) is 14.3. The molecule has 0 fully saturated rings. The van der Waals surface area contributed by atoms with Gasteiger partial charge in [-0.05, 0) is 40.4 Å². The maximum absolute atomic E-state index is 4.68. The quantitative estimate of drug-likeness (QED) is 0.755. The summed E-state index contributed by atoms with van der Waals surface area (Å²) in [4.78, 5) is 9.17. The summed E-state index contributed by atoms with van der Waals surface area (Å²) in [6.45, 7) is 0. The fourth-order valence-corrected chi connectivity index (χ4v) is 2.49. The second-order valence-corrected chi connectivity index (χ2v) is 5.24. The molecule has 0 atom stereocenters. The van der Waals surface area contributed by atoms with Crippen molar-refractivity contribution in [3.8, 4) is 11.3 Å². The van der Waals surface area contributed by atoms with Gasteiger partial charge in [0.05, 0.1) is 5.69 Å². The second kappa shape index (κ2) is 5.49. The van der Waals surface area contributed by atoms with Gasteiger partial charge in [-0.2, -0.15) is 0 Å². The average molecular weight is 313 g/mol. The van der Waals surface area contributed by atoms with Gasteiger partial charge in [-0.25, -0.2) is 9.97 Å². The summed E-state index contributed by atoms with van der Waals surface area (Å²) >= 11 is 3.48. The van der Waals surface area contributed by atoms with E-state index in [4.69, 9.17) is 0 Å². The van der Waals surface area contributed by atoms with Crippen LogP contribution in [0.15, 0.2) is 59.2 Å². The molecule has 1 aromatic heterocycles. The highest BCUT2D eigenvalue weighted by molar-refractivity contribution is 9.10. The van der Waals surface area contributed by atoms with Crippen LogP contribution in [0.1, 0.15) is 18.7 Å². The Bertz CT molecular complexity index is 645. The summed E-state index contributed by atoms with van der Waals surface area (Å²) in [6, 6.07) is 12.1. The predicted molar refractivity (Wildman–Crippen MR) is 81.5 cm³/mol. The van der Waals surface area contributed by atoms with Gasteiger partial charge in [0.1, 0.15) is 4.60 Å². The first-order valence-electron chi connectivity index (χ1n) is 6.29. The van der Waals surface area contributed by atoms with Crippen molar-refractivity contribution in [3.63, 3.8) is 0 Å². The number of benzene rings is 1. The van der Waals surface area contributed by atoms with Crippen molar-refractivity contribution in [2.45, 2.75) is 12.8 Å². The van der Waals surface area contributed by atoms with Crippen LogP contribution in [0.5, 0.6) is 0 Å². The highest BCUT2D eigenvalue weighted by Gasteiger charge is 2.10. The van der Waals surface area contributed by atoms with Gasteiger partial charge in [-0.3, -0.25) is 0 Å². The third-order valence-electron chi connectivity index (χ3n) is 3.07.